The smallest absolute Gasteiger partial charge is 0.106 e. The molecule has 13 heavy (non-hydrogen) atoms. The van der Waals surface area contributed by atoms with Gasteiger partial charge in [-0.1, -0.05) is 6.92 Å². The molecule has 0 amide bonds. The lowest BCUT2D eigenvalue weighted by atomic mass is 10.1. The summed E-state index contributed by atoms with van der Waals surface area (Å²) in [5, 5.41) is 3.60. The number of aromatic nitrogens is 2. The summed E-state index contributed by atoms with van der Waals surface area (Å²) in [5.41, 5.74) is 2.69. The molecule has 2 aliphatic rings. The Morgan fingerprint density at radius 2 is 2.38 bits per heavy atom. The Bertz CT molecular complexity index is 329. The molecule has 0 spiro atoms. The number of hydrogen-bond donors (Lipinski definition) is 2. The first-order valence-electron chi connectivity index (χ1n) is 5.20. The van der Waals surface area contributed by atoms with Gasteiger partial charge in [-0.3, -0.25) is 0 Å². The zero-order valence-corrected chi connectivity index (χ0v) is 7.93. The molecule has 1 aromatic heterocycles. The first-order chi connectivity index (χ1) is 6.36. The van der Waals surface area contributed by atoms with E-state index < -0.39 is 0 Å². The molecule has 2 unspecified atom stereocenters. The number of fused-ring (bicyclic) bond motifs is 4. The van der Waals surface area contributed by atoms with E-state index in [4.69, 9.17) is 0 Å². The van der Waals surface area contributed by atoms with Crippen molar-refractivity contribution in [3.8, 4) is 0 Å². The molecule has 1 fully saturated rings. The van der Waals surface area contributed by atoms with Gasteiger partial charge in [0, 0.05) is 24.6 Å². The Morgan fingerprint density at radius 3 is 3.23 bits per heavy atom. The van der Waals surface area contributed by atoms with Crippen LogP contribution in [0.5, 0.6) is 0 Å². The first kappa shape index (κ1) is 7.56. The van der Waals surface area contributed by atoms with Crippen molar-refractivity contribution in [3.63, 3.8) is 0 Å². The molecular weight excluding hydrogens is 162 g/mol. The van der Waals surface area contributed by atoms with Crippen molar-refractivity contribution in [1.82, 2.24) is 15.3 Å². The Labute approximate surface area is 78.0 Å². The Morgan fingerprint density at radius 1 is 1.46 bits per heavy atom. The molecule has 3 heterocycles. The van der Waals surface area contributed by atoms with Gasteiger partial charge in [-0.05, 0) is 12.8 Å². The Balaban J connectivity index is 2.04. The van der Waals surface area contributed by atoms with Crippen LogP contribution in [-0.2, 0) is 12.8 Å². The average molecular weight is 177 g/mol. The molecule has 70 valence electrons. The molecule has 1 saturated heterocycles. The van der Waals surface area contributed by atoms with Crippen LogP contribution >= 0.6 is 0 Å². The molecule has 1 aromatic rings. The van der Waals surface area contributed by atoms with Crippen molar-refractivity contribution in [2.24, 2.45) is 0 Å². The predicted molar refractivity (Wildman–Crippen MR) is 50.6 cm³/mol. The quantitative estimate of drug-likeness (QED) is 0.679. The molecule has 0 aliphatic carbocycles. The number of imidazole rings is 1. The van der Waals surface area contributed by atoms with Crippen molar-refractivity contribution in [3.05, 3.63) is 17.2 Å². The summed E-state index contributed by atoms with van der Waals surface area (Å²) < 4.78 is 0. The van der Waals surface area contributed by atoms with Crippen LogP contribution in [0.25, 0.3) is 0 Å². The highest BCUT2D eigenvalue weighted by Crippen LogP contribution is 2.34. The molecule has 0 aromatic carbocycles. The molecule has 2 atom stereocenters. The zero-order valence-electron chi connectivity index (χ0n) is 7.93. The highest BCUT2D eigenvalue weighted by atomic mass is 15.1. The highest BCUT2D eigenvalue weighted by Gasteiger charge is 2.34. The van der Waals surface area contributed by atoms with Crippen molar-refractivity contribution in [2.75, 3.05) is 0 Å². The van der Waals surface area contributed by atoms with Crippen LogP contribution in [0, 0.1) is 0 Å². The number of nitrogens with zero attached hydrogens (tertiary/aromatic N) is 1. The summed E-state index contributed by atoms with van der Waals surface area (Å²) in [7, 11) is 0. The van der Waals surface area contributed by atoms with E-state index in [0.29, 0.717) is 12.1 Å². The van der Waals surface area contributed by atoms with E-state index in [1.807, 2.05) is 0 Å². The van der Waals surface area contributed by atoms with Gasteiger partial charge in [0.2, 0.25) is 0 Å². The lowest BCUT2D eigenvalue weighted by Gasteiger charge is -2.19. The number of rotatable bonds is 1. The third-order valence-corrected chi connectivity index (χ3v) is 3.22. The summed E-state index contributed by atoms with van der Waals surface area (Å²) in [6.45, 7) is 2.15. The summed E-state index contributed by atoms with van der Waals surface area (Å²) >= 11 is 0. The number of nitrogens with one attached hydrogen (secondary N) is 2. The number of aryl methyl sites for hydroxylation is 1. The lowest BCUT2D eigenvalue weighted by molar-refractivity contribution is 0.504. The molecule has 2 bridgehead atoms. The van der Waals surface area contributed by atoms with Crippen LogP contribution in [0.3, 0.4) is 0 Å². The Kier molecular flexibility index (Phi) is 1.50. The maximum Gasteiger partial charge on any atom is 0.106 e. The molecular formula is C10H15N3. The summed E-state index contributed by atoms with van der Waals surface area (Å²) in [6, 6.07) is 1.26. The van der Waals surface area contributed by atoms with E-state index in [2.05, 4.69) is 22.2 Å². The minimum absolute atomic E-state index is 0.547. The van der Waals surface area contributed by atoms with Crippen LogP contribution in [0.1, 0.15) is 43.0 Å². The molecule has 3 rings (SSSR count). The number of aromatic amines is 1. The minimum Gasteiger partial charge on any atom is -0.346 e. The molecule has 2 N–H and O–H groups in total. The van der Waals surface area contributed by atoms with Crippen molar-refractivity contribution < 1.29 is 0 Å². The van der Waals surface area contributed by atoms with Gasteiger partial charge < -0.3 is 10.3 Å². The highest BCUT2D eigenvalue weighted by molar-refractivity contribution is 5.25. The fraction of sp³-hybridized carbons (Fsp3) is 0.700. The average Bonchev–Trinajstić information content (AvgIpc) is 2.71. The van der Waals surface area contributed by atoms with Gasteiger partial charge in [0.05, 0.1) is 11.7 Å². The predicted octanol–water partition coefficient (Wildman–Crippen LogP) is 1.32. The van der Waals surface area contributed by atoms with Gasteiger partial charge in [-0.15, -0.1) is 0 Å². The van der Waals surface area contributed by atoms with E-state index in [-0.39, 0.29) is 0 Å². The van der Waals surface area contributed by atoms with Crippen molar-refractivity contribution in [2.45, 2.75) is 44.7 Å². The van der Waals surface area contributed by atoms with Gasteiger partial charge in [0.15, 0.2) is 0 Å². The fourth-order valence-corrected chi connectivity index (χ4v) is 2.53. The molecule has 3 heteroatoms. The van der Waals surface area contributed by atoms with Crippen LogP contribution in [0.15, 0.2) is 0 Å². The van der Waals surface area contributed by atoms with Crippen molar-refractivity contribution in [1.29, 1.82) is 0 Å². The SMILES string of the molecule is CCc1nc2c([nH]1)CC1CCC2N1. The third kappa shape index (κ3) is 1.03. The maximum absolute atomic E-state index is 4.63. The van der Waals surface area contributed by atoms with E-state index in [0.717, 1.165) is 18.7 Å². The van der Waals surface area contributed by atoms with Gasteiger partial charge in [0.1, 0.15) is 5.82 Å². The van der Waals surface area contributed by atoms with Crippen molar-refractivity contribution >= 4 is 0 Å². The standard InChI is InChI=1S/C10H15N3/c1-2-9-12-8-5-6-3-4-7(11-6)10(8)13-9/h6-7,11H,2-5H2,1H3,(H,12,13). The van der Waals surface area contributed by atoms with Crippen LogP contribution in [-0.4, -0.2) is 16.0 Å². The number of hydrogen-bond acceptors (Lipinski definition) is 2. The van der Waals surface area contributed by atoms with Gasteiger partial charge in [0.25, 0.3) is 0 Å². The third-order valence-electron chi connectivity index (χ3n) is 3.22. The monoisotopic (exact) mass is 177 g/mol. The fourth-order valence-electron chi connectivity index (χ4n) is 2.53. The largest absolute Gasteiger partial charge is 0.346 e. The molecule has 0 radical (unpaired) electrons. The number of H-pyrrole nitrogens is 1. The Hall–Kier alpha value is -0.830. The van der Waals surface area contributed by atoms with E-state index >= 15 is 0 Å². The van der Waals surface area contributed by atoms with Gasteiger partial charge in [-0.25, -0.2) is 4.98 Å². The van der Waals surface area contributed by atoms with E-state index in [1.165, 1.54) is 24.2 Å². The molecule has 3 nitrogen and oxygen atoms in total. The first-order valence-corrected chi connectivity index (χ1v) is 5.20. The van der Waals surface area contributed by atoms with Gasteiger partial charge in [-0.2, -0.15) is 0 Å². The second-order valence-corrected chi connectivity index (χ2v) is 4.10. The van der Waals surface area contributed by atoms with E-state index in [1.54, 1.807) is 0 Å². The maximum atomic E-state index is 4.63. The summed E-state index contributed by atoms with van der Waals surface area (Å²) in [4.78, 5) is 8.06. The summed E-state index contributed by atoms with van der Waals surface area (Å²) in [5.74, 6) is 1.15. The van der Waals surface area contributed by atoms with Crippen LogP contribution in [0.4, 0.5) is 0 Å². The second kappa shape index (κ2) is 2.58. The lowest BCUT2D eigenvalue weighted by Crippen LogP contribution is -2.31. The zero-order chi connectivity index (χ0) is 8.84. The minimum atomic E-state index is 0.547. The van der Waals surface area contributed by atoms with Crippen LogP contribution < -0.4 is 5.32 Å². The van der Waals surface area contributed by atoms with E-state index in [9.17, 15) is 0 Å². The summed E-state index contributed by atoms with van der Waals surface area (Å²) in [6.07, 6.45) is 4.76. The van der Waals surface area contributed by atoms with Crippen LogP contribution in [0.2, 0.25) is 0 Å². The topological polar surface area (TPSA) is 40.7 Å². The molecule has 0 saturated carbocycles. The molecule has 2 aliphatic heterocycles. The van der Waals surface area contributed by atoms with Gasteiger partial charge >= 0.3 is 0 Å². The normalized spacial score (nSPS) is 30.5. The second-order valence-electron chi connectivity index (χ2n) is 4.10.